The van der Waals surface area contributed by atoms with Gasteiger partial charge in [0.2, 0.25) is 0 Å². The zero-order valence-corrected chi connectivity index (χ0v) is 13.2. The maximum absolute atomic E-state index is 12.2. The fourth-order valence-corrected chi connectivity index (χ4v) is 3.82. The summed E-state index contributed by atoms with van der Waals surface area (Å²) in [5.74, 6) is 0.704. The monoisotopic (exact) mass is 280 g/mol. The first-order chi connectivity index (χ1) is 9.81. The molecule has 2 aliphatic rings. The number of Topliss-reactive ketones (excluding diaryl/α,β-unsaturated/α-hetero) is 1. The van der Waals surface area contributed by atoms with Gasteiger partial charge in [-0.15, -0.1) is 0 Å². The topological polar surface area (TPSA) is 26.3 Å². The molecular formula is C18H32O2. The van der Waals surface area contributed by atoms with Gasteiger partial charge in [-0.3, -0.25) is 4.79 Å². The van der Waals surface area contributed by atoms with Crippen LogP contribution in [0, 0.1) is 5.92 Å². The lowest BCUT2D eigenvalue weighted by molar-refractivity contribution is -0.135. The highest BCUT2D eigenvalue weighted by molar-refractivity contribution is 5.81. The average molecular weight is 280 g/mol. The molecule has 2 rings (SSSR count). The van der Waals surface area contributed by atoms with Crippen molar-refractivity contribution in [2.45, 2.75) is 103 Å². The quantitative estimate of drug-likeness (QED) is 0.503. The van der Waals surface area contributed by atoms with Crippen molar-refractivity contribution >= 4 is 5.78 Å². The molecule has 0 aromatic heterocycles. The number of rotatable bonds is 6. The fraction of sp³-hybridized carbons (Fsp3) is 0.944. The zero-order valence-electron chi connectivity index (χ0n) is 13.2. The smallest absolute Gasteiger partial charge is 0.138 e. The van der Waals surface area contributed by atoms with E-state index in [2.05, 4.69) is 6.92 Å². The minimum absolute atomic E-state index is 0.218. The van der Waals surface area contributed by atoms with Gasteiger partial charge in [0.1, 0.15) is 5.78 Å². The van der Waals surface area contributed by atoms with Crippen molar-refractivity contribution in [1.29, 1.82) is 0 Å². The number of ketones is 1. The summed E-state index contributed by atoms with van der Waals surface area (Å²) < 4.78 is 6.31. The summed E-state index contributed by atoms with van der Waals surface area (Å²) in [5.41, 5.74) is 0. The molecule has 3 atom stereocenters. The van der Waals surface area contributed by atoms with Gasteiger partial charge in [-0.1, -0.05) is 45.4 Å². The molecule has 1 saturated heterocycles. The standard InChI is InChI=1S/C18H32O2/c1-2-3-4-6-10-15-11-9-14-18(20-15)16-12-7-5-8-13-17(16)19/h15-16,18H,2-14H2,1H3/t15-,16?,18-/m0/s1. The third kappa shape index (κ3) is 4.87. The number of hydrogen-bond donors (Lipinski definition) is 0. The van der Waals surface area contributed by atoms with Gasteiger partial charge in [-0.2, -0.15) is 0 Å². The fourth-order valence-electron chi connectivity index (χ4n) is 3.82. The summed E-state index contributed by atoms with van der Waals surface area (Å²) in [4.78, 5) is 12.2. The van der Waals surface area contributed by atoms with Crippen molar-refractivity contribution in [3.8, 4) is 0 Å². The Morgan fingerprint density at radius 1 is 1.00 bits per heavy atom. The summed E-state index contributed by atoms with van der Waals surface area (Å²) in [6.45, 7) is 2.25. The molecule has 1 unspecified atom stereocenters. The van der Waals surface area contributed by atoms with E-state index in [1.807, 2.05) is 0 Å². The lowest BCUT2D eigenvalue weighted by Gasteiger charge is -2.34. The lowest BCUT2D eigenvalue weighted by atomic mass is 9.87. The largest absolute Gasteiger partial charge is 0.374 e. The van der Waals surface area contributed by atoms with Crippen LogP contribution >= 0.6 is 0 Å². The Kier molecular flexibility index (Phi) is 7.06. The van der Waals surface area contributed by atoms with Gasteiger partial charge in [0.05, 0.1) is 12.2 Å². The van der Waals surface area contributed by atoms with Crippen LogP contribution in [0.1, 0.15) is 90.4 Å². The van der Waals surface area contributed by atoms with Crippen molar-refractivity contribution in [3.63, 3.8) is 0 Å². The second-order valence-corrected chi connectivity index (χ2v) is 6.75. The van der Waals surface area contributed by atoms with Gasteiger partial charge in [0.15, 0.2) is 0 Å². The van der Waals surface area contributed by atoms with Crippen LogP contribution in [0.5, 0.6) is 0 Å². The summed E-state index contributed by atoms with van der Waals surface area (Å²) in [7, 11) is 0. The summed E-state index contributed by atoms with van der Waals surface area (Å²) >= 11 is 0. The van der Waals surface area contributed by atoms with E-state index >= 15 is 0 Å². The highest BCUT2D eigenvalue weighted by Gasteiger charge is 2.33. The first-order valence-corrected chi connectivity index (χ1v) is 8.99. The van der Waals surface area contributed by atoms with E-state index in [0.29, 0.717) is 11.9 Å². The summed E-state index contributed by atoms with van der Waals surface area (Å²) in [5, 5.41) is 0. The van der Waals surface area contributed by atoms with Gasteiger partial charge in [0.25, 0.3) is 0 Å². The van der Waals surface area contributed by atoms with Gasteiger partial charge in [-0.25, -0.2) is 0 Å². The Morgan fingerprint density at radius 2 is 1.90 bits per heavy atom. The van der Waals surface area contributed by atoms with Crippen LogP contribution in [-0.4, -0.2) is 18.0 Å². The van der Waals surface area contributed by atoms with Crippen LogP contribution in [0.4, 0.5) is 0 Å². The van der Waals surface area contributed by atoms with Crippen LogP contribution in [0.25, 0.3) is 0 Å². The molecule has 2 heteroatoms. The molecule has 116 valence electrons. The van der Waals surface area contributed by atoms with Crippen molar-refractivity contribution in [2.75, 3.05) is 0 Å². The van der Waals surface area contributed by atoms with Crippen LogP contribution in [-0.2, 0) is 9.53 Å². The van der Waals surface area contributed by atoms with Crippen molar-refractivity contribution in [3.05, 3.63) is 0 Å². The number of hydrogen-bond acceptors (Lipinski definition) is 2. The van der Waals surface area contributed by atoms with Crippen molar-refractivity contribution < 1.29 is 9.53 Å². The zero-order chi connectivity index (χ0) is 14.2. The number of carbonyl (C=O) groups is 1. The molecule has 0 bridgehead atoms. The summed E-state index contributed by atoms with van der Waals surface area (Å²) in [6, 6.07) is 0. The van der Waals surface area contributed by atoms with Gasteiger partial charge >= 0.3 is 0 Å². The van der Waals surface area contributed by atoms with E-state index in [9.17, 15) is 4.79 Å². The molecule has 1 aliphatic heterocycles. The predicted molar refractivity (Wildman–Crippen MR) is 82.9 cm³/mol. The SMILES string of the molecule is CCCCCC[C@H]1CCC[C@@H](C2CCCCCC2=O)O1. The molecule has 0 spiro atoms. The average Bonchev–Trinajstić information content (AvgIpc) is 2.69. The third-order valence-electron chi connectivity index (χ3n) is 5.06. The third-order valence-corrected chi connectivity index (χ3v) is 5.06. The summed E-state index contributed by atoms with van der Waals surface area (Å²) in [6.07, 6.45) is 16.2. The Hall–Kier alpha value is -0.370. The molecule has 1 heterocycles. The van der Waals surface area contributed by atoms with E-state index in [-0.39, 0.29) is 12.0 Å². The second-order valence-electron chi connectivity index (χ2n) is 6.75. The molecule has 0 N–H and O–H groups in total. The van der Waals surface area contributed by atoms with Crippen LogP contribution in [0.15, 0.2) is 0 Å². The van der Waals surface area contributed by atoms with Crippen molar-refractivity contribution in [2.24, 2.45) is 5.92 Å². The molecule has 2 nitrogen and oxygen atoms in total. The van der Waals surface area contributed by atoms with E-state index in [1.54, 1.807) is 0 Å². The Morgan fingerprint density at radius 3 is 2.75 bits per heavy atom. The first kappa shape index (κ1) is 16.0. The van der Waals surface area contributed by atoms with E-state index in [1.165, 1.54) is 57.8 Å². The minimum atomic E-state index is 0.218. The maximum atomic E-state index is 12.2. The highest BCUT2D eigenvalue weighted by atomic mass is 16.5. The second kappa shape index (κ2) is 8.81. The molecule has 0 aromatic carbocycles. The van der Waals surface area contributed by atoms with Crippen LogP contribution in [0.3, 0.4) is 0 Å². The maximum Gasteiger partial charge on any atom is 0.138 e. The van der Waals surface area contributed by atoms with Gasteiger partial charge in [0, 0.05) is 12.3 Å². The number of unbranched alkanes of at least 4 members (excludes halogenated alkanes) is 3. The van der Waals surface area contributed by atoms with Gasteiger partial charge < -0.3 is 4.74 Å². The first-order valence-electron chi connectivity index (χ1n) is 8.99. The molecule has 0 amide bonds. The molecular weight excluding hydrogens is 248 g/mol. The highest BCUT2D eigenvalue weighted by Crippen LogP contribution is 2.32. The Labute approximate surface area is 124 Å². The molecule has 1 aliphatic carbocycles. The number of carbonyl (C=O) groups excluding carboxylic acids is 1. The Balaban J connectivity index is 1.78. The van der Waals surface area contributed by atoms with Crippen LogP contribution < -0.4 is 0 Å². The molecule has 0 aromatic rings. The Bertz CT molecular complexity index is 287. The van der Waals surface area contributed by atoms with E-state index in [4.69, 9.17) is 4.74 Å². The normalized spacial score (nSPS) is 32.0. The minimum Gasteiger partial charge on any atom is -0.374 e. The molecule has 1 saturated carbocycles. The molecule has 2 fully saturated rings. The van der Waals surface area contributed by atoms with E-state index < -0.39 is 0 Å². The lowest BCUT2D eigenvalue weighted by Crippen LogP contribution is -2.36. The molecule has 0 radical (unpaired) electrons. The predicted octanol–water partition coefficient (Wildman–Crippen LogP) is 5.04. The molecule has 20 heavy (non-hydrogen) atoms. The van der Waals surface area contributed by atoms with Crippen molar-refractivity contribution in [1.82, 2.24) is 0 Å². The van der Waals surface area contributed by atoms with Crippen LogP contribution in [0.2, 0.25) is 0 Å². The van der Waals surface area contributed by atoms with Gasteiger partial charge in [-0.05, 0) is 38.5 Å². The number of ether oxygens (including phenoxy) is 1. The van der Waals surface area contributed by atoms with E-state index in [0.717, 1.165) is 25.7 Å².